The number of nitrogens with zero attached hydrogens (tertiary/aromatic N) is 1. The Labute approximate surface area is 193 Å². The predicted molar refractivity (Wildman–Crippen MR) is 128 cm³/mol. The number of hydrogen-bond acceptors (Lipinski definition) is 5. The molecule has 2 amide bonds. The SMILES string of the molecule is CCOc1ccc(C2=C(Nc3cccc(OC)c3)C(=O)N(CCc3ccccc3)C2=O)cc1. The Morgan fingerprint density at radius 3 is 2.30 bits per heavy atom. The van der Waals surface area contributed by atoms with E-state index in [2.05, 4.69) is 5.32 Å². The summed E-state index contributed by atoms with van der Waals surface area (Å²) in [5, 5.41) is 3.17. The summed E-state index contributed by atoms with van der Waals surface area (Å²) in [4.78, 5) is 28.1. The van der Waals surface area contributed by atoms with E-state index >= 15 is 0 Å². The zero-order valence-corrected chi connectivity index (χ0v) is 18.7. The molecule has 1 aliphatic heterocycles. The second kappa shape index (κ2) is 10.0. The number of anilines is 1. The van der Waals surface area contributed by atoms with Gasteiger partial charge in [-0.2, -0.15) is 0 Å². The molecule has 3 aromatic rings. The number of carbonyl (C=O) groups excluding carboxylic acids is 2. The average Bonchev–Trinajstić information content (AvgIpc) is 3.08. The highest BCUT2D eigenvalue weighted by atomic mass is 16.5. The summed E-state index contributed by atoms with van der Waals surface area (Å²) in [5.41, 5.74) is 2.99. The summed E-state index contributed by atoms with van der Waals surface area (Å²) in [5.74, 6) is 0.705. The molecular weight excluding hydrogens is 416 g/mol. The molecule has 0 atom stereocenters. The molecule has 0 aromatic heterocycles. The maximum Gasteiger partial charge on any atom is 0.278 e. The van der Waals surface area contributed by atoms with Gasteiger partial charge in [-0.05, 0) is 48.7 Å². The van der Waals surface area contributed by atoms with Gasteiger partial charge in [0.2, 0.25) is 0 Å². The maximum atomic E-state index is 13.4. The fraction of sp³-hybridized carbons (Fsp3) is 0.185. The Morgan fingerprint density at radius 1 is 0.848 bits per heavy atom. The molecule has 6 nitrogen and oxygen atoms in total. The Morgan fingerprint density at radius 2 is 1.61 bits per heavy atom. The highest BCUT2D eigenvalue weighted by Crippen LogP contribution is 2.32. The summed E-state index contributed by atoms with van der Waals surface area (Å²) in [7, 11) is 1.58. The minimum atomic E-state index is -0.345. The molecule has 0 unspecified atom stereocenters. The van der Waals surface area contributed by atoms with Gasteiger partial charge in [0.1, 0.15) is 17.2 Å². The molecular formula is C27H26N2O4. The predicted octanol–water partition coefficient (Wildman–Crippen LogP) is 4.53. The van der Waals surface area contributed by atoms with E-state index < -0.39 is 0 Å². The smallest absolute Gasteiger partial charge is 0.278 e. The third-order valence-electron chi connectivity index (χ3n) is 5.43. The van der Waals surface area contributed by atoms with Gasteiger partial charge in [0.25, 0.3) is 11.8 Å². The maximum absolute atomic E-state index is 13.4. The van der Waals surface area contributed by atoms with Crippen molar-refractivity contribution in [1.82, 2.24) is 4.90 Å². The fourth-order valence-electron chi connectivity index (χ4n) is 3.78. The largest absolute Gasteiger partial charge is 0.497 e. The molecule has 0 aliphatic carbocycles. The van der Waals surface area contributed by atoms with Crippen LogP contribution in [0.3, 0.4) is 0 Å². The van der Waals surface area contributed by atoms with Crippen LogP contribution < -0.4 is 14.8 Å². The second-order valence-corrected chi connectivity index (χ2v) is 7.56. The van der Waals surface area contributed by atoms with Crippen LogP contribution in [0.1, 0.15) is 18.1 Å². The van der Waals surface area contributed by atoms with Crippen LogP contribution in [0.2, 0.25) is 0 Å². The van der Waals surface area contributed by atoms with E-state index in [1.807, 2.05) is 55.5 Å². The number of methoxy groups -OCH3 is 1. The third kappa shape index (κ3) is 4.90. The highest BCUT2D eigenvalue weighted by Gasteiger charge is 2.39. The van der Waals surface area contributed by atoms with E-state index in [4.69, 9.17) is 9.47 Å². The topological polar surface area (TPSA) is 67.9 Å². The number of ether oxygens (including phenoxy) is 2. The van der Waals surface area contributed by atoms with Crippen molar-refractivity contribution in [3.05, 3.63) is 95.7 Å². The van der Waals surface area contributed by atoms with Crippen LogP contribution in [0.25, 0.3) is 5.57 Å². The fourth-order valence-corrected chi connectivity index (χ4v) is 3.78. The van der Waals surface area contributed by atoms with Crippen molar-refractivity contribution in [2.45, 2.75) is 13.3 Å². The Hall–Kier alpha value is -4.06. The van der Waals surface area contributed by atoms with Gasteiger partial charge in [-0.15, -0.1) is 0 Å². The van der Waals surface area contributed by atoms with Crippen LogP contribution in [-0.2, 0) is 16.0 Å². The first-order chi connectivity index (χ1) is 16.1. The van der Waals surface area contributed by atoms with Gasteiger partial charge in [-0.3, -0.25) is 14.5 Å². The first kappa shape index (κ1) is 22.1. The summed E-state index contributed by atoms with van der Waals surface area (Å²) < 4.78 is 10.8. The molecule has 33 heavy (non-hydrogen) atoms. The lowest BCUT2D eigenvalue weighted by Crippen LogP contribution is -2.34. The van der Waals surface area contributed by atoms with Crippen molar-refractivity contribution in [2.75, 3.05) is 25.6 Å². The van der Waals surface area contributed by atoms with Crippen molar-refractivity contribution in [3.8, 4) is 11.5 Å². The summed E-state index contributed by atoms with van der Waals surface area (Å²) in [6.07, 6.45) is 0.585. The van der Waals surface area contributed by atoms with Crippen LogP contribution in [-0.4, -0.2) is 37.0 Å². The number of imide groups is 1. The monoisotopic (exact) mass is 442 g/mol. The van der Waals surface area contributed by atoms with Crippen LogP contribution >= 0.6 is 0 Å². The first-order valence-corrected chi connectivity index (χ1v) is 10.9. The highest BCUT2D eigenvalue weighted by molar-refractivity contribution is 6.36. The number of rotatable bonds is 9. The Bertz CT molecular complexity index is 1170. The summed E-state index contributed by atoms with van der Waals surface area (Å²) in [6.45, 7) is 2.76. The molecule has 168 valence electrons. The van der Waals surface area contributed by atoms with Crippen molar-refractivity contribution in [1.29, 1.82) is 0 Å². The van der Waals surface area contributed by atoms with Gasteiger partial charge in [0, 0.05) is 18.3 Å². The molecule has 6 heteroatoms. The van der Waals surface area contributed by atoms with Crippen molar-refractivity contribution in [2.24, 2.45) is 0 Å². The van der Waals surface area contributed by atoms with E-state index in [-0.39, 0.29) is 17.5 Å². The molecule has 0 saturated carbocycles. The first-order valence-electron chi connectivity index (χ1n) is 10.9. The number of amides is 2. The van der Waals surface area contributed by atoms with Crippen LogP contribution in [0, 0.1) is 0 Å². The van der Waals surface area contributed by atoms with E-state index in [9.17, 15) is 9.59 Å². The van der Waals surface area contributed by atoms with Gasteiger partial charge in [-0.25, -0.2) is 0 Å². The number of benzene rings is 3. The molecule has 1 N–H and O–H groups in total. The van der Waals surface area contributed by atoms with Gasteiger partial charge in [0.15, 0.2) is 0 Å². The lowest BCUT2D eigenvalue weighted by Gasteiger charge is -2.15. The average molecular weight is 443 g/mol. The van der Waals surface area contributed by atoms with Crippen LogP contribution in [0.15, 0.2) is 84.6 Å². The lowest BCUT2D eigenvalue weighted by molar-refractivity contribution is -0.136. The van der Waals surface area contributed by atoms with Crippen LogP contribution in [0.4, 0.5) is 5.69 Å². The van der Waals surface area contributed by atoms with Gasteiger partial charge < -0.3 is 14.8 Å². The standard InChI is InChI=1S/C27H26N2O4/c1-3-33-22-14-12-20(13-15-22)24-25(28-21-10-7-11-23(18-21)32-2)27(31)29(26(24)30)17-16-19-8-5-4-6-9-19/h4-15,18,28H,3,16-17H2,1-2H3. The molecule has 3 aromatic carbocycles. The zero-order chi connectivity index (χ0) is 23.2. The van der Waals surface area contributed by atoms with Crippen molar-refractivity contribution >= 4 is 23.1 Å². The molecule has 0 fully saturated rings. The Kier molecular flexibility index (Phi) is 6.74. The molecule has 0 radical (unpaired) electrons. The quantitative estimate of drug-likeness (QED) is 0.493. The summed E-state index contributed by atoms with van der Waals surface area (Å²) in [6, 6.07) is 24.3. The van der Waals surface area contributed by atoms with Gasteiger partial charge in [0.05, 0.1) is 19.3 Å². The van der Waals surface area contributed by atoms with Crippen LogP contribution in [0.5, 0.6) is 11.5 Å². The minimum absolute atomic E-state index is 0.255. The molecule has 0 saturated heterocycles. The second-order valence-electron chi connectivity index (χ2n) is 7.56. The van der Waals surface area contributed by atoms with E-state index in [0.29, 0.717) is 47.9 Å². The molecule has 4 rings (SSSR count). The molecule has 1 heterocycles. The zero-order valence-electron chi connectivity index (χ0n) is 18.7. The van der Waals surface area contributed by atoms with E-state index in [1.54, 1.807) is 37.4 Å². The summed E-state index contributed by atoms with van der Waals surface area (Å²) >= 11 is 0. The molecule has 1 aliphatic rings. The number of nitrogens with one attached hydrogen (secondary N) is 1. The minimum Gasteiger partial charge on any atom is -0.497 e. The van der Waals surface area contributed by atoms with E-state index in [1.165, 1.54) is 4.90 Å². The van der Waals surface area contributed by atoms with Gasteiger partial charge >= 0.3 is 0 Å². The van der Waals surface area contributed by atoms with Crippen molar-refractivity contribution < 1.29 is 19.1 Å². The number of hydrogen-bond donors (Lipinski definition) is 1. The lowest BCUT2D eigenvalue weighted by atomic mass is 10.0. The Balaban J connectivity index is 1.66. The van der Waals surface area contributed by atoms with E-state index in [0.717, 1.165) is 5.56 Å². The molecule has 0 bridgehead atoms. The third-order valence-corrected chi connectivity index (χ3v) is 5.43. The number of carbonyl (C=O) groups is 2. The molecule has 0 spiro atoms. The normalized spacial score (nSPS) is 13.5. The van der Waals surface area contributed by atoms with Crippen molar-refractivity contribution in [3.63, 3.8) is 0 Å². The van der Waals surface area contributed by atoms with Gasteiger partial charge in [-0.1, -0.05) is 48.5 Å².